The predicted octanol–water partition coefficient (Wildman–Crippen LogP) is 1.19. The SMILES string of the molecule is CCn1ncc(Cl)c1C(NN)C1CSCCO1. The minimum Gasteiger partial charge on any atom is -0.374 e. The summed E-state index contributed by atoms with van der Waals surface area (Å²) < 4.78 is 7.60. The first-order valence-electron chi connectivity index (χ1n) is 5.64. The molecule has 1 aromatic heterocycles. The first kappa shape index (κ1) is 13.2. The van der Waals surface area contributed by atoms with Crippen molar-refractivity contribution in [1.29, 1.82) is 0 Å². The highest BCUT2D eigenvalue weighted by Crippen LogP contribution is 2.29. The van der Waals surface area contributed by atoms with Gasteiger partial charge in [-0.3, -0.25) is 10.5 Å². The highest BCUT2D eigenvalue weighted by molar-refractivity contribution is 7.99. The Labute approximate surface area is 110 Å². The Balaban J connectivity index is 2.23. The van der Waals surface area contributed by atoms with Gasteiger partial charge >= 0.3 is 0 Å². The maximum absolute atomic E-state index is 6.18. The van der Waals surface area contributed by atoms with Crippen LogP contribution in [0, 0.1) is 0 Å². The lowest BCUT2D eigenvalue weighted by atomic mass is 10.1. The third-order valence-corrected chi connectivity index (χ3v) is 4.13. The first-order chi connectivity index (χ1) is 8.27. The van der Waals surface area contributed by atoms with E-state index >= 15 is 0 Å². The number of hydrogen-bond donors (Lipinski definition) is 2. The number of aryl methyl sites for hydroxylation is 1. The van der Waals surface area contributed by atoms with Crippen LogP contribution < -0.4 is 11.3 Å². The molecule has 7 heteroatoms. The molecule has 96 valence electrons. The average Bonchev–Trinajstić information content (AvgIpc) is 2.74. The number of nitrogens with two attached hydrogens (primary N) is 1. The van der Waals surface area contributed by atoms with Gasteiger partial charge < -0.3 is 4.74 Å². The van der Waals surface area contributed by atoms with Gasteiger partial charge in [0, 0.05) is 18.1 Å². The van der Waals surface area contributed by atoms with Crippen LogP contribution in [-0.2, 0) is 11.3 Å². The molecule has 0 amide bonds. The van der Waals surface area contributed by atoms with Crippen LogP contribution in [0.3, 0.4) is 0 Å². The van der Waals surface area contributed by atoms with E-state index in [1.807, 2.05) is 23.4 Å². The minimum atomic E-state index is -0.113. The third-order valence-electron chi connectivity index (χ3n) is 2.82. The second-order valence-corrected chi connectivity index (χ2v) is 5.38. The van der Waals surface area contributed by atoms with Crippen molar-refractivity contribution >= 4 is 23.4 Å². The van der Waals surface area contributed by atoms with Crippen LogP contribution in [0.1, 0.15) is 18.7 Å². The second-order valence-electron chi connectivity index (χ2n) is 3.82. The van der Waals surface area contributed by atoms with E-state index in [0.29, 0.717) is 5.02 Å². The molecule has 0 aliphatic carbocycles. The van der Waals surface area contributed by atoms with E-state index < -0.39 is 0 Å². The first-order valence-corrected chi connectivity index (χ1v) is 7.17. The van der Waals surface area contributed by atoms with Gasteiger partial charge in [0.15, 0.2) is 0 Å². The van der Waals surface area contributed by atoms with Crippen molar-refractivity contribution in [2.75, 3.05) is 18.1 Å². The maximum atomic E-state index is 6.18. The molecule has 2 rings (SSSR count). The van der Waals surface area contributed by atoms with Gasteiger partial charge in [-0.05, 0) is 6.92 Å². The van der Waals surface area contributed by atoms with Gasteiger partial charge in [0.2, 0.25) is 0 Å². The summed E-state index contributed by atoms with van der Waals surface area (Å²) in [5.41, 5.74) is 3.71. The summed E-state index contributed by atoms with van der Waals surface area (Å²) in [6.45, 7) is 3.54. The molecule has 1 aliphatic heterocycles. The number of hydrogen-bond acceptors (Lipinski definition) is 5. The Morgan fingerprint density at radius 1 is 1.82 bits per heavy atom. The Hall–Kier alpha value is -0.270. The lowest BCUT2D eigenvalue weighted by molar-refractivity contribution is 0.0445. The maximum Gasteiger partial charge on any atom is 0.0913 e. The summed E-state index contributed by atoms with van der Waals surface area (Å²) in [7, 11) is 0. The minimum absolute atomic E-state index is 0.0400. The molecular weight excluding hydrogens is 260 g/mol. The number of nitrogens with one attached hydrogen (secondary N) is 1. The van der Waals surface area contributed by atoms with Crippen molar-refractivity contribution < 1.29 is 4.74 Å². The van der Waals surface area contributed by atoms with Gasteiger partial charge in [-0.15, -0.1) is 0 Å². The van der Waals surface area contributed by atoms with Crippen LogP contribution in [0.2, 0.25) is 5.02 Å². The zero-order chi connectivity index (χ0) is 12.3. The third kappa shape index (κ3) is 2.77. The zero-order valence-electron chi connectivity index (χ0n) is 9.73. The van der Waals surface area contributed by atoms with Crippen molar-refractivity contribution in [3.05, 3.63) is 16.9 Å². The van der Waals surface area contributed by atoms with E-state index in [9.17, 15) is 0 Å². The molecule has 0 spiro atoms. The zero-order valence-corrected chi connectivity index (χ0v) is 11.3. The summed E-state index contributed by atoms with van der Waals surface area (Å²) in [5.74, 6) is 7.60. The summed E-state index contributed by atoms with van der Waals surface area (Å²) in [4.78, 5) is 0. The summed E-state index contributed by atoms with van der Waals surface area (Å²) >= 11 is 8.05. The van der Waals surface area contributed by atoms with E-state index in [2.05, 4.69) is 10.5 Å². The van der Waals surface area contributed by atoms with Gasteiger partial charge in [0.25, 0.3) is 0 Å². The lowest BCUT2D eigenvalue weighted by Crippen LogP contribution is -2.42. The molecule has 3 N–H and O–H groups in total. The van der Waals surface area contributed by atoms with Crippen LogP contribution in [0.5, 0.6) is 0 Å². The van der Waals surface area contributed by atoms with Crippen molar-refractivity contribution in [2.45, 2.75) is 25.6 Å². The van der Waals surface area contributed by atoms with Crippen molar-refractivity contribution in [3.8, 4) is 0 Å². The van der Waals surface area contributed by atoms with Gasteiger partial charge in [0.05, 0.1) is 35.7 Å². The normalized spacial score (nSPS) is 22.6. The number of rotatable bonds is 4. The Morgan fingerprint density at radius 3 is 3.24 bits per heavy atom. The number of nitrogens with zero attached hydrogens (tertiary/aromatic N) is 2. The van der Waals surface area contributed by atoms with Crippen LogP contribution in [0.15, 0.2) is 6.20 Å². The molecule has 2 heterocycles. The number of halogens is 1. The number of ether oxygens (including phenoxy) is 1. The van der Waals surface area contributed by atoms with E-state index in [1.165, 1.54) is 0 Å². The lowest BCUT2D eigenvalue weighted by Gasteiger charge is -2.30. The van der Waals surface area contributed by atoms with Gasteiger partial charge in [-0.25, -0.2) is 5.43 Å². The largest absolute Gasteiger partial charge is 0.374 e. The Bertz CT molecular complexity index is 367. The van der Waals surface area contributed by atoms with Crippen LogP contribution >= 0.6 is 23.4 Å². The summed E-state index contributed by atoms with van der Waals surface area (Å²) in [6.07, 6.45) is 1.69. The average molecular weight is 277 g/mol. The molecular formula is C10H17ClN4OS. The van der Waals surface area contributed by atoms with Crippen molar-refractivity contribution in [2.24, 2.45) is 5.84 Å². The van der Waals surface area contributed by atoms with E-state index in [-0.39, 0.29) is 12.1 Å². The molecule has 5 nitrogen and oxygen atoms in total. The molecule has 1 aromatic rings. The van der Waals surface area contributed by atoms with E-state index in [4.69, 9.17) is 22.2 Å². The number of thioether (sulfide) groups is 1. The molecule has 0 radical (unpaired) electrons. The van der Waals surface area contributed by atoms with Crippen LogP contribution in [0.4, 0.5) is 0 Å². The Morgan fingerprint density at radius 2 is 2.65 bits per heavy atom. The predicted molar refractivity (Wildman–Crippen MR) is 70.0 cm³/mol. The topological polar surface area (TPSA) is 65.1 Å². The highest BCUT2D eigenvalue weighted by Gasteiger charge is 2.29. The van der Waals surface area contributed by atoms with Crippen LogP contribution in [0.25, 0.3) is 0 Å². The summed E-state index contributed by atoms with van der Waals surface area (Å²) in [5, 5.41) is 4.86. The summed E-state index contributed by atoms with van der Waals surface area (Å²) in [6, 6.07) is -0.113. The fourth-order valence-electron chi connectivity index (χ4n) is 1.99. The molecule has 1 aliphatic rings. The number of aromatic nitrogens is 2. The van der Waals surface area contributed by atoms with E-state index in [1.54, 1.807) is 6.20 Å². The second kappa shape index (κ2) is 6.06. The molecule has 2 atom stereocenters. The van der Waals surface area contributed by atoms with Crippen molar-refractivity contribution in [1.82, 2.24) is 15.2 Å². The quantitative estimate of drug-likeness (QED) is 0.639. The van der Waals surface area contributed by atoms with E-state index in [0.717, 1.165) is 30.4 Å². The van der Waals surface area contributed by atoms with Crippen molar-refractivity contribution in [3.63, 3.8) is 0 Å². The molecule has 0 aromatic carbocycles. The molecule has 0 saturated carbocycles. The fraction of sp³-hybridized carbons (Fsp3) is 0.700. The van der Waals surface area contributed by atoms with Gasteiger partial charge in [0.1, 0.15) is 0 Å². The van der Waals surface area contributed by atoms with Gasteiger partial charge in [-0.2, -0.15) is 16.9 Å². The fourth-order valence-corrected chi connectivity index (χ4v) is 3.15. The molecule has 0 bridgehead atoms. The molecule has 1 saturated heterocycles. The number of hydrazine groups is 1. The monoisotopic (exact) mass is 276 g/mol. The van der Waals surface area contributed by atoms with Crippen LogP contribution in [-0.4, -0.2) is 34.0 Å². The molecule has 2 unspecified atom stereocenters. The molecule has 1 fully saturated rings. The Kier molecular flexibility index (Phi) is 4.69. The molecule has 17 heavy (non-hydrogen) atoms. The standard InChI is InChI=1S/C10H17ClN4OS/c1-2-15-10(7(11)5-13-15)9(14-12)8-6-17-4-3-16-8/h5,8-9,14H,2-4,6,12H2,1H3. The van der Waals surface area contributed by atoms with Gasteiger partial charge in [-0.1, -0.05) is 11.6 Å². The smallest absolute Gasteiger partial charge is 0.0913 e. The highest BCUT2D eigenvalue weighted by atomic mass is 35.5.